The standard InChI is InChI=1S/C29H20ClN5O3S/c30-19-3-1-2-16(12-19)4-11-23(36)17-7-9-20(10-8-17)35-25(37)13-24(29(35)38)39-28-22(15-32)26(18-5-6-18)21(14-31)27(33)34-28/h1-4,7-12,18,24H,5-6,13H2,(H2,33,34)/b11-4+/t24-/m0/s1. The number of benzene rings is 2. The number of nitrogen functional groups attached to an aromatic ring is 1. The molecule has 0 unspecified atom stereocenters. The molecule has 2 aromatic carbocycles. The highest BCUT2D eigenvalue weighted by Gasteiger charge is 2.42. The molecule has 0 spiro atoms. The second-order valence-corrected chi connectivity index (χ2v) is 10.8. The topological polar surface area (TPSA) is 141 Å². The number of nitrogens with two attached hydrogens (primary N) is 1. The van der Waals surface area contributed by atoms with E-state index in [0.717, 1.165) is 35.1 Å². The molecule has 2 amide bonds. The van der Waals surface area contributed by atoms with Crippen LogP contribution in [0.5, 0.6) is 0 Å². The Morgan fingerprint density at radius 1 is 1.10 bits per heavy atom. The van der Waals surface area contributed by atoms with Gasteiger partial charge in [-0.1, -0.05) is 41.6 Å². The molecule has 39 heavy (non-hydrogen) atoms. The van der Waals surface area contributed by atoms with Gasteiger partial charge in [0.15, 0.2) is 5.78 Å². The van der Waals surface area contributed by atoms with E-state index >= 15 is 0 Å². The number of carbonyl (C=O) groups is 3. The van der Waals surface area contributed by atoms with Crippen molar-refractivity contribution in [3.8, 4) is 12.1 Å². The number of nitrogens with zero attached hydrogens (tertiary/aromatic N) is 4. The van der Waals surface area contributed by atoms with Crippen molar-refractivity contribution in [1.29, 1.82) is 10.5 Å². The van der Waals surface area contributed by atoms with Gasteiger partial charge in [0.25, 0.3) is 0 Å². The van der Waals surface area contributed by atoms with Crippen molar-refractivity contribution in [1.82, 2.24) is 4.98 Å². The zero-order chi connectivity index (χ0) is 27.7. The van der Waals surface area contributed by atoms with Gasteiger partial charge in [-0.15, -0.1) is 0 Å². The fraction of sp³-hybridized carbons (Fsp3) is 0.172. The maximum atomic E-state index is 13.3. The molecule has 1 aliphatic heterocycles. The maximum absolute atomic E-state index is 13.3. The summed E-state index contributed by atoms with van der Waals surface area (Å²) in [5.41, 5.74) is 8.55. The first-order chi connectivity index (χ1) is 18.8. The summed E-state index contributed by atoms with van der Waals surface area (Å²) < 4.78 is 0. The van der Waals surface area contributed by atoms with E-state index < -0.39 is 17.1 Å². The monoisotopic (exact) mass is 553 g/mol. The van der Waals surface area contributed by atoms with Gasteiger partial charge in [0.1, 0.15) is 23.0 Å². The zero-order valence-electron chi connectivity index (χ0n) is 20.4. The Bertz CT molecular complexity index is 1630. The van der Waals surface area contributed by atoms with Gasteiger partial charge < -0.3 is 5.73 Å². The molecule has 8 nitrogen and oxygen atoms in total. The van der Waals surface area contributed by atoms with Crippen LogP contribution in [0.1, 0.15) is 57.8 Å². The third kappa shape index (κ3) is 5.28. The summed E-state index contributed by atoms with van der Waals surface area (Å²) >= 11 is 6.99. The van der Waals surface area contributed by atoms with Crippen molar-refractivity contribution in [3.63, 3.8) is 0 Å². The smallest absolute Gasteiger partial charge is 0.247 e. The van der Waals surface area contributed by atoms with Gasteiger partial charge in [-0.2, -0.15) is 10.5 Å². The Kier molecular flexibility index (Phi) is 7.21. The molecule has 10 heteroatoms. The van der Waals surface area contributed by atoms with Crippen LogP contribution in [0, 0.1) is 22.7 Å². The van der Waals surface area contributed by atoms with Gasteiger partial charge in [0.05, 0.1) is 22.1 Å². The van der Waals surface area contributed by atoms with Gasteiger partial charge in [0.2, 0.25) is 11.8 Å². The van der Waals surface area contributed by atoms with E-state index in [9.17, 15) is 24.9 Å². The molecule has 1 saturated carbocycles. The molecule has 1 aromatic heterocycles. The summed E-state index contributed by atoms with van der Waals surface area (Å²) in [6, 6.07) is 17.5. The first kappa shape index (κ1) is 26.2. The minimum absolute atomic E-state index is 0.0131. The van der Waals surface area contributed by atoms with Crippen LogP contribution in [0.15, 0.2) is 59.6 Å². The van der Waals surface area contributed by atoms with E-state index in [1.165, 1.54) is 6.08 Å². The Morgan fingerprint density at radius 3 is 2.46 bits per heavy atom. The van der Waals surface area contributed by atoms with Gasteiger partial charge in [-0.25, -0.2) is 9.88 Å². The van der Waals surface area contributed by atoms with Crippen molar-refractivity contribution in [2.45, 2.75) is 35.5 Å². The minimum Gasteiger partial charge on any atom is -0.383 e. The van der Waals surface area contributed by atoms with E-state index in [4.69, 9.17) is 17.3 Å². The van der Waals surface area contributed by atoms with Gasteiger partial charge in [0, 0.05) is 17.0 Å². The number of allylic oxidation sites excluding steroid dienone is 1. The Balaban J connectivity index is 1.33. The summed E-state index contributed by atoms with van der Waals surface area (Å²) in [4.78, 5) is 44.0. The van der Waals surface area contributed by atoms with Gasteiger partial charge >= 0.3 is 0 Å². The van der Waals surface area contributed by atoms with E-state index in [1.807, 2.05) is 12.1 Å². The third-order valence-electron chi connectivity index (χ3n) is 6.48. The molecule has 1 saturated heterocycles. The second-order valence-electron chi connectivity index (χ2n) is 9.14. The molecule has 2 aliphatic rings. The average molecular weight is 554 g/mol. The number of pyridine rings is 1. The van der Waals surface area contributed by atoms with E-state index in [-0.39, 0.29) is 40.1 Å². The van der Waals surface area contributed by atoms with Crippen LogP contribution in [0.3, 0.4) is 0 Å². The number of hydrogen-bond acceptors (Lipinski definition) is 8. The summed E-state index contributed by atoms with van der Waals surface area (Å²) in [5.74, 6) is -1.02. The number of thioether (sulfide) groups is 1. The lowest BCUT2D eigenvalue weighted by Gasteiger charge is -2.16. The molecule has 2 fully saturated rings. The number of aromatic nitrogens is 1. The largest absolute Gasteiger partial charge is 0.383 e. The summed E-state index contributed by atoms with van der Waals surface area (Å²) in [7, 11) is 0. The lowest BCUT2D eigenvalue weighted by atomic mass is 10.0. The molecule has 0 bridgehead atoms. The lowest BCUT2D eigenvalue weighted by molar-refractivity contribution is -0.121. The van der Waals surface area contributed by atoms with Gasteiger partial charge in [-0.05, 0) is 72.4 Å². The number of anilines is 2. The lowest BCUT2D eigenvalue weighted by Crippen LogP contribution is -2.31. The molecule has 5 rings (SSSR count). The van der Waals surface area contributed by atoms with Crippen molar-refractivity contribution in [2.24, 2.45) is 0 Å². The average Bonchev–Trinajstić information content (AvgIpc) is 3.72. The number of nitriles is 2. The minimum atomic E-state index is -0.807. The summed E-state index contributed by atoms with van der Waals surface area (Å²) in [5, 5.41) is 19.4. The number of ketones is 1. The quantitative estimate of drug-likeness (QED) is 0.237. The van der Waals surface area contributed by atoms with Crippen LogP contribution < -0.4 is 10.6 Å². The van der Waals surface area contributed by atoms with Crippen LogP contribution in [0.2, 0.25) is 5.02 Å². The molecule has 0 radical (unpaired) electrons. The SMILES string of the molecule is N#Cc1c(N)nc(S[C@H]2CC(=O)N(c3ccc(C(=O)/C=C/c4cccc(Cl)c4)cc3)C2=O)c(C#N)c1C1CC1. The molecule has 2 N–H and O–H groups in total. The predicted octanol–water partition coefficient (Wildman–Crippen LogP) is 5.26. The highest BCUT2D eigenvalue weighted by Crippen LogP contribution is 2.47. The normalized spacial score (nSPS) is 16.9. The van der Waals surface area contributed by atoms with E-state index in [2.05, 4.69) is 11.1 Å². The van der Waals surface area contributed by atoms with Crippen LogP contribution in [-0.4, -0.2) is 27.8 Å². The Morgan fingerprint density at radius 2 is 1.82 bits per heavy atom. The predicted molar refractivity (Wildman–Crippen MR) is 148 cm³/mol. The third-order valence-corrected chi connectivity index (χ3v) is 7.89. The van der Waals surface area contributed by atoms with E-state index in [0.29, 0.717) is 21.8 Å². The maximum Gasteiger partial charge on any atom is 0.247 e. The zero-order valence-corrected chi connectivity index (χ0v) is 22.0. The molecule has 1 aliphatic carbocycles. The fourth-order valence-corrected chi connectivity index (χ4v) is 5.77. The first-order valence-electron chi connectivity index (χ1n) is 12.1. The highest BCUT2D eigenvalue weighted by molar-refractivity contribution is 8.00. The molecule has 192 valence electrons. The van der Waals surface area contributed by atoms with Gasteiger partial charge in [-0.3, -0.25) is 14.4 Å². The number of carbonyl (C=O) groups excluding carboxylic acids is 3. The van der Waals surface area contributed by atoms with Crippen LogP contribution in [0.25, 0.3) is 6.08 Å². The van der Waals surface area contributed by atoms with Crippen LogP contribution in [0.4, 0.5) is 11.5 Å². The number of imide groups is 1. The summed E-state index contributed by atoms with van der Waals surface area (Å²) in [6.07, 6.45) is 4.70. The highest BCUT2D eigenvalue weighted by atomic mass is 35.5. The van der Waals surface area contributed by atoms with Crippen LogP contribution in [-0.2, 0) is 9.59 Å². The number of rotatable bonds is 7. The van der Waals surface area contributed by atoms with Crippen molar-refractivity contribution in [3.05, 3.63) is 87.4 Å². The molecule has 2 heterocycles. The van der Waals surface area contributed by atoms with Crippen molar-refractivity contribution < 1.29 is 14.4 Å². The number of hydrogen-bond donors (Lipinski definition) is 1. The molecular formula is C29H20ClN5O3S. The first-order valence-corrected chi connectivity index (χ1v) is 13.3. The van der Waals surface area contributed by atoms with Crippen molar-refractivity contribution in [2.75, 3.05) is 10.6 Å². The Hall–Kier alpha value is -4.44. The molecule has 1 atom stereocenters. The molecule has 3 aromatic rings. The second kappa shape index (κ2) is 10.7. The van der Waals surface area contributed by atoms with Crippen molar-refractivity contribution >= 4 is 58.5 Å². The summed E-state index contributed by atoms with van der Waals surface area (Å²) in [6.45, 7) is 0. The molecular weight excluding hydrogens is 534 g/mol. The van der Waals surface area contributed by atoms with E-state index in [1.54, 1.807) is 48.5 Å². The van der Waals surface area contributed by atoms with Crippen LogP contribution >= 0.6 is 23.4 Å². The fourth-order valence-electron chi connectivity index (χ4n) is 4.45. The number of halogens is 1. The number of amides is 2. The Labute approximate surface area is 233 Å².